The summed E-state index contributed by atoms with van der Waals surface area (Å²) >= 11 is 0. The first-order valence-electron chi connectivity index (χ1n) is 8.18. The zero-order valence-corrected chi connectivity index (χ0v) is 15.8. The van der Waals surface area contributed by atoms with Crippen LogP contribution >= 0.6 is 0 Å². The molecule has 2 atom stereocenters. The van der Waals surface area contributed by atoms with Crippen LogP contribution in [-0.4, -0.2) is 35.4 Å². The Morgan fingerprint density at radius 3 is 2.14 bits per heavy atom. The fraction of sp³-hybridized carbons (Fsp3) is 0.647. The van der Waals surface area contributed by atoms with Gasteiger partial charge in [0.05, 0.1) is 0 Å². The minimum Gasteiger partial charge on any atom is -0.394 e. The first-order chi connectivity index (χ1) is 10.5. The topological polar surface area (TPSA) is 39.7 Å². The summed E-state index contributed by atoms with van der Waals surface area (Å²) in [5.41, 5.74) is 2.64. The van der Waals surface area contributed by atoms with Gasteiger partial charge < -0.3 is 13.6 Å². The molecule has 0 heterocycles. The molecule has 1 aromatic carbocycles. The Morgan fingerprint density at radius 2 is 1.64 bits per heavy atom. The van der Waals surface area contributed by atoms with Crippen molar-refractivity contribution in [1.82, 2.24) is 5.32 Å². The van der Waals surface area contributed by atoms with Crippen LogP contribution in [0.3, 0.4) is 0 Å². The molecule has 0 spiro atoms. The van der Waals surface area contributed by atoms with Crippen molar-refractivity contribution >= 4 is 8.56 Å². The van der Waals surface area contributed by atoms with E-state index in [0.717, 1.165) is 5.56 Å². The van der Waals surface area contributed by atoms with Gasteiger partial charge in [-0.2, -0.15) is 0 Å². The third kappa shape index (κ3) is 4.89. The van der Waals surface area contributed by atoms with E-state index < -0.39 is 8.56 Å². The molecule has 0 saturated heterocycles. The first kappa shape index (κ1) is 19.3. The maximum absolute atomic E-state index is 6.03. The minimum absolute atomic E-state index is 0.0794. The van der Waals surface area contributed by atoms with Crippen molar-refractivity contribution in [3.8, 4) is 0 Å². The summed E-state index contributed by atoms with van der Waals surface area (Å²) in [4.78, 5) is 0. The Bertz CT molecular complexity index is 436. The van der Waals surface area contributed by atoms with Crippen molar-refractivity contribution in [2.45, 2.75) is 46.0 Å². The molecule has 1 N–H and O–H groups in total. The summed E-state index contributed by atoms with van der Waals surface area (Å²) in [5, 5.41) is 3.20. The van der Waals surface area contributed by atoms with Gasteiger partial charge in [0.2, 0.25) is 0 Å². The largest absolute Gasteiger partial charge is 0.394 e. The zero-order chi connectivity index (χ0) is 16.6. The fourth-order valence-electron chi connectivity index (χ4n) is 2.67. The molecule has 0 radical (unpaired) electrons. The monoisotopic (exact) mass is 325 g/mol. The smallest absolute Gasteiger partial charge is 0.342 e. The van der Waals surface area contributed by atoms with Crippen LogP contribution in [0.5, 0.6) is 0 Å². The molecule has 1 aromatic rings. The highest BCUT2D eigenvalue weighted by Gasteiger charge is 2.39. The SMILES string of the molecule is CCOC(NC)c1cccc(C(C)[Si](C)(OCC)OCC)c1. The number of ether oxygens (including phenoxy) is 1. The van der Waals surface area contributed by atoms with Crippen molar-refractivity contribution in [2.75, 3.05) is 26.9 Å². The van der Waals surface area contributed by atoms with Gasteiger partial charge >= 0.3 is 8.56 Å². The van der Waals surface area contributed by atoms with E-state index in [-0.39, 0.29) is 11.8 Å². The summed E-state index contributed by atoms with van der Waals surface area (Å²) in [6.45, 7) is 12.5. The second kappa shape index (κ2) is 9.42. The molecule has 0 aliphatic heterocycles. The molecule has 0 fully saturated rings. The number of rotatable bonds is 10. The molecule has 5 heteroatoms. The normalized spacial score (nSPS) is 14.8. The lowest BCUT2D eigenvalue weighted by Crippen LogP contribution is -2.44. The van der Waals surface area contributed by atoms with Crippen molar-refractivity contribution in [3.05, 3.63) is 35.4 Å². The summed E-state index contributed by atoms with van der Waals surface area (Å²) in [7, 11) is -0.329. The van der Waals surface area contributed by atoms with E-state index in [1.807, 2.05) is 27.8 Å². The number of benzene rings is 1. The Morgan fingerprint density at radius 1 is 1.05 bits per heavy atom. The van der Waals surface area contributed by atoms with Crippen LogP contribution in [0.4, 0.5) is 0 Å². The standard InChI is InChI=1S/C17H31NO3Si/c1-7-19-17(18-5)16-12-10-11-15(13-16)14(4)22(6,20-8-2)21-9-3/h10-14,17-18H,7-9H2,1-6H3. The van der Waals surface area contributed by atoms with Crippen molar-refractivity contribution in [1.29, 1.82) is 0 Å². The lowest BCUT2D eigenvalue weighted by molar-refractivity contribution is 0.0430. The van der Waals surface area contributed by atoms with E-state index in [9.17, 15) is 0 Å². The molecule has 0 saturated carbocycles. The van der Waals surface area contributed by atoms with Crippen LogP contribution in [-0.2, 0) is 13.6 Å². The van der Waals surface area contributed by atoms with Gasteiger partial charge in [0.15, 0.2) is 0 Å². The van der Waals surface area contributed by atoms with Gasteiger partial charge in [0, 0.05) is 25.4 Å². The van der Waals surface area contributed by atoms with Gasteiger partial charge in [0.1, 0.15) is 6.23 Å². The molecule has 0 aromatic heterocycles. The number of hydrogen-bond acceptors (Lipinski definition) is 4. The van der Waals surface area contributed by atoms with Crippen LogP contribution in [0.1, 0.15) is 50.6 Å². The minimum atomic E-state index is -2.24. The third-order valence-electron chi connectivity index (χ3n) is 3.96. The highest BCUT2D eigenvalue weighted by Crippen LogP contribution is 2.30. The van der Waals surface area contributed by atoms with Gasteiger partial charge in [-0.3, -0.25) is 5.32 Å². The maximum atomic E-state index is 6.03. The van der Waals surface area contributed by atoms with Crippen LogP contribution in [0.15, 0.2) is 24.3 Å². The van der Waals surface area contributed by atoms with Crippen molar-refractivity contribution in [2.24, 2.45) is 0 Å². The summed E-state index contributed by atoms with van der Waals surface area (Å²) in [5.74, 6) is 0. The van der Waals surface area contributed by atoms with Crippen molar-refractivity contribution in [3.63, 3.8) is 0 Å². The molecule has 0 aliphatic carbocycles. The van der Waals surface area contributed by atoms with Crippen LogP contribution in [0.2, 0.25) is 6.55 Å². The lowest BCUT2D eigenvalue weighted by atomic mass is 10.1. The summed E-state index contributed by atoms with van der Waals surface area (Å²) < 4.78 is 17.8. The predicted octanol–water partition coefficient (Wildman–Crippen LogP) is 3.73. The zero-order valence-electron chi connectivity index (χ0n) is 14.8. The molecule has 126 valence electrons. The third-order valence-corrected chi connectivity index (χ3v) is 7.59. The van der Waals surface area contributed by atoms with Gasteiger partial charge in [0.25, 0.3) is 0 Å². The number of hydrogen-bond donors (Lipinski definition) is 1. The van der Waals surface area contributed by atoms with E-state index in [1.54, 1.807) is 0 Å². The molecular weight excluding hydrogens is 294 g/mol. The molecule has 2 unspecified atom stereocenters. The average molecular weight is 326 g/mol. The Hall–Kier alpha value is -0.723. The molecule has 0 aliphatic rings. The van der Waals surface area contributed by atoms with E-state index in [4.69, 9.17) is 13.6 Å². The maximum Gasteiger partial charge on any atom is 0.342 e. The average Bonchev–Trinajstić information content (AvgIpc) is 2.52. The summed E-state index contributed by atoms with van der Waals surface area (Å²) in [6.07, 6.45) is -0.0794. The Balaban J connectivity index is 3.04. The predicted molar refractivity (Wildman–Crippen MR) is 93.2 cm³/mol. The first-order valence-corrected chi connectivity index (χ1v) is 10.6. The van der Waals surface area contributed by atoms with Crippen LogP contribution in [0.25, 0.3) is 0 Å². The molecule has 1 rings (SSSR count). The van der Waals surface area contributed by atoms with Gasteiger partial charge in [-0.15, -0.1) is 0 Å². The highest BCUT2D eigenvalue weighted by atomic mass is 28.4. The van der Waals surface area contributed by atoms with E-state index in [2.05, 4.69) is 43.1 Å². The van der Waals surface area contributed by atoms with E-state index >= 15 is 0 Å². The molecular formula is C17H31NO3Si. The fourth-order valence-corrected chi connectivity index (χ4v) is 5.19. The highest BCUT2D eigenvalue weighted by molar-refractivity contribution is 6.67. The van der Waals surface area contributed by atoms with E-state index in [1.165, 1.54) is 5.56 Å². The van der Waals surface area contributed by atoms with Gasteiger partial charge in [-0.05, 0) is 45.5 Å². The molecule has 0 bridgehead atoms. The molecule has 22 heavy (non-hydrogen) atoms. The van der Waals surface area contributed by atoms with E-state index in [0.29, 0.717) is 19.8 Å². The van der Waals surface area contributed by atoms with Crippen LogP contribution in [0, 0.1) is 0 Å². The van der Waals surface area contributed by atoms with Gasteiger partial charge in [-0.25, -0.2) is 0 Å². The van der Waals surface area contributed by atoms with Crippen LogP contribution < -0.4 is 5.32 Å². The Kier molecular flexibility index (Phi) is 8.28. The lowest BCUT2D eigenvalue weighted by Gasteiger charge is -2.32. The quantitative estimate of drug-likeness (QED) is 0.525. The molecule has 0 amide bonds. The Labute approximate surface area is 136 Å². The second-order valence-electron chi connectivity index (χ2n) is 5.40. The number of nitrogens with one attached hydrogen (secondary N) is 1. The second-order valence-corrected chi connectivity index (χ2v) is 8.87. The summed E-state index contributed by atoms with van der Waals surface area (Å²) in [6, 6.07) is 8.52. The molecule has 4 nitrogen and oxygen atoms in total. The van der Waals surface area contributed by atoms with Crippen molar-refractivity contribution < 1.29 is 13.6 Å². The van der Waals surface area contributed by atoms with Gasteiger partial charge in [-0.1, -0.05) is 31.2 Å².